The fourth-order valence-electron chi connectivity index (χ4n) is 0. The van der Waals surface area contributed by atoms with E-state index in [9.17, 15) is 0 Å². The van der Waals surface area contributed by atoms with Crippen molar-refractivity contribution in [2.75, 3.05) is 0 Å². The Hall–Kier alpha value is 0.0306. The van der Waals surface area contributed by atoms with Gasteiger partial charge in [-0.25, -0.2) is 9.59 Å². The maximum absolute atomic E-state index is 9.10. The van der Waals surface area contributed by atoms with Crippen molar-refractivity contribution < 1.29 is 96.8 Å². The van der Waals surface area contributed by atoms with E-state index >= 15 is 0 Å². The Morgan fingerprint density at radius 2 is 0.448 bits per heavy atom. The number of carboxylic acid groups (broad SMARTS) is 2. The predicted molar refractivity (Wildman–Crippen MR) is 63.0 cm³/mol. The largest absolute Gasteiger partial charge is 4.00 e. The molecule has 0 aromatic rings. The molecule has 29 heavy (non-hydrogen) atoms. The van der Waals surface area contributed by atoms with Gasteiger partial charge >= 0.3 is 44.8 Å². The third-order valence-corrected chi connectivity index (χ3v) is 0.183. The van der Waals surface area contributed by atoms with Gasteiger partial charge in [0.05, 0.1) is 0 Å². The molecule has 0 aromatic heterocycles. The summed E-state index contributed by atoms with van der Waals surface area (Å²) in [7, 11) is -21.6. The van der Waals surface area contributed by atoms with E-state index in [1.807, 2.05) is 0 Å². The van der Waals surface area contributed by atoms with Crippen molar-refractivity contribution >= 4 is 76.1 Å². The van der Waals surface area contributed by atoms with Crippen LogP contribution in [-0.4, -0.2) is 55.0 Å². The van der Waals surface area contributed by atoms with Crippen LogP contribution in [0.1, 0.15) is 0 Å². The van der Waals surface area contributed by atoms with Crippen molar-refractivity contribution in [3.8, 4) is 0 Å². The molecule has 0 atom stereocenters. The number of hydrogen-bond acceptors (Lipinski definition) is 18. The molecular weight excluding hydrogens is 552 g/mol. The Balaban J connectivity index is -0.0000000309. The van der Waals surface area contributed by atoms with E-state index in [0.717, 1.165) is 0 Å². The van der Waals surface area contributed by atoms with Gasteiger partial charge in [-0.15, -0.1) is 0 Å². The van der Waals surface area contributed by atoms with Crippen molar-refractivity contribution in [3.05, 3.63) is 0 Å². The molecule has 0 radical (unpaired) electrons. The number of rotatable bonds is 0. The van der Waals surface area contributed by atoms with Gasteiger partial charge in [0.15, 0.2) is 0 Å². The van der Waals surface area contributed by atoms with Crippen molar-refractivity contribution in [2.45, 2.75) is 0 Å². The molecular formula is C2H2O20P4Si3. The van der Waals surface area contributed by atoms with Crippen LogP contribution in [0.3, 0.4) is 0 Å². The molecule has 0 saturated carbocycles. The van der Waals surface area contributed by atoms with Crippen LogP contribution in [0.2, 0.25) is 0 Å². The van der Waals surface area contributed by atoms with Crippen molar-refractivity contribution in [1.29, 1.82) is 0 Å². The molecule has 27 heteroatoms. The summed E-state index contributed by atoms with van der Waals surface area (Å²) in [6.07, 6.45) is 0. The van der Waals surface area contributed by atoms with E-state index in [1.165, 1.54) is 0 Å². The van der Waals surface area contributed by atoms with Crippen molar-refractivity contribution in [1.82, 2.24) is 0 Å². The quantitative estimate of drug-likeness (QED) is 0.159. The van der Waals surface area contributed by atoms with Crippen LogP contribution >= 0.6 is 31.3 Å². The molecule has 0 fully saturated rings. The molecule has 0 rings (SSSR count). The Morgan fingerprint density at radius 1 is 0.414 bits per heavy atom. The van der Waals surface area contributed by atoms with Crippen LogP contribution in [0, 0.1) is 0 Å². The molecule has 0 heterocycles. The van der Waals surface area contributed by atoms with Gasteiger partial charge in [0.1, 0.15) is 0 Å². The summed E-state index contributed by atoms with van der Waals surface area (Å²) >= 11 is 0. The first-order valence-electron chi connectivity index (χ1n) is 4.03. The normalized spacial score (nSPS) is 9.66. The summed E-state index contributed by atoms with van der Waals surface area (Å²) in [5.74, 6) is -3.65. The Morgan fingerprint density at radius 3 is 0.448 bits per heavy atom. The van der Waals surface area contributed by atoms with Gasteiger partial charge in [-0.2, -0.15) is 31.3 Å². The molecule has 20 nitrogen and oxygen atoms in total. The van der Waals surface area contributed by atoms with Gasteiger partial charge < -0.3 is 87.2 Å². The topological polar surface area (TPSA) is 420 Å². The molecule has 0 saturated heterocycles. The molecule has 2 N–H and O–H groups in total. The fraction of sp³-hybridized carbons (Fsp3) is 0. The summed E-state index contributed by atoms with van der Waals surface area (Å²) in [5, 5.41) is 14.8. The van der Waals surface area contributed by atoms with Gasteiger partial charge in [0.25, 0.3) is 0 Å². The minimum Gasteiger partial charge on any atom is -0.822 e. The van der Waals surface area contributed by atoms with Gasteiger partial charge in [-0.05, 0) is 0 Å². The summed E-state index contributed by atoms with van der Waals surface area (Å²) in [4.78, 5) is 121. The minimum absolute atomic E-state index is 0. The van der Waals surface area contributed by atoms with Gasteiger partial charge in [-0.1, -0.05) is 0 Å². The minimum atomic E-state index is -5.39. The van der Waals surface area contributed by atoms with Crippen molar-refractivity contribution in [2.24, 2.45) is 0 Å². The zero-order valence-corrected chi connectivity index (χ0v) is 19.1. The first-order chi connectivity index (χ1) is 10.6. The second kappa shape index (κ2) is 22.7. The number of carboxylic acids is 2. The van der Waals surface area contributed by atoms with E-state index in [0.29, 0.717) is 0 Å². The zero-order chi connectivity index (χ0) is 23.2. The van der Waals surface area contributed by atoms with Gasteiger partial charge in [0.2, 0.25) is 0 Å². The van der Waals surface area contributed by atoms with Crippen LogP contribution in [0.4, 0.5) is 0 Å². The summed E-state index contributed by atoms with van der Waals surface area (Å²) in [6.45, 7) is 0. The monoisotopic (exact) mass is 554 g/mol. The molecule has 0 aliphatic heterocycles. The average Bonchev–Trinajstić information content (AvgIpc) is 2.04. The molecule has 0 aromatic carbocycles. The average molecular weight is 554 g/mol. The maximum atomic E-state index is 9.10. The molecule has 0 spiro atoms. The zero-order valence-electron chi connectivity index (χ0n) is 12.5. The Bertz CT molecular complexity index is 451. The summed E-state index contributed by atoms with van der Waals surface area (Å²) in [5.41, 5.74) is 0. The second-order valence-corrected chi connectivity index (χ2v) is 5.98. The third kappa shape index (κ3) is 1170. The third-order valence-electron chi connectivity index (χ3n) is 0.183. The molecule has 0 aliphatic carbocycles. The van der Waals surface area contributed by atoms with Crippen LogP contribution in [0.5, 0.6) is 0 Å². The van der Waals surface area contributed by atoms with E-state index in [-0.39, 0.29) is 32.9 Å². The number of phosphoric acid groups is 4. The van der Waals surface area contributed by atoms with E-state index < -0.39 is 43.2 Å². The van der Waals surface area contributed by atoms with Gasteiger partial charge in [0, 0.05) is 0 Å². The van der Waals surface area contributed by atoms with Gasteiger partial charge in [-0.3, -0.25) is 0 Å². The maximum Gasteiger partial charge on any atom is 4.00 e. The first-order valence-corrected chi connectivity index (χ1v) is 9.87. The summed E-state index contributed by atoms with van der Waals surface area (Å²) < 4.78 is 34.2. The van der Waals surface area contributed by atoms with E-state index in [1.54, 1.807) is 0 Å². The van der Waals surface area contributed by atoms with E-state index in [4.69, 9.17) is 96.8 Å². The van der Waals surface area contributed by atoms with Crippen molar-refractivity contribution in [3.63, 3.8) is 0 Å². The molecule has 0 amide bonds. The standard InChI is InChI=1S/C2H2O4.4H3O4P.3Si/c3-1(4)2(5)6;4*1-5(2,3)4;;;/h(H,3,4)(H,5,6);4*(H3,1,2,3,4);;;/q;;;;;3*+4/p-12. The first kappa shape index (κ1) is 51.6. The summed E-state index contributed by atoms with van der Waals surface area (Å²) in [6, 6.07) is 0. The number of hydrogen-bond donors (Lipinski definition) is 2. The number of aliphatic carboxylic acids is 2. The smallest absolute Gasteiger partial charge is 0.822 e. The van der Waals surface area contributed by atoms with Crippen LogP contribution in [0.25, 0.3) is 0 Å². The molecule has 162 valence electrons. The van der Waals surface area contributed by atoms with Crippen LogP contribution in [0.15, 0.2) is 0 Å². The molecule has 0 unspecified atom stereocenters. The SMILES string of the molecule is O=C(O)C(=O)O.O=P([O-])([O-])[O-].O=P([O-])([O-])[O-].O=P([O-])([O-])[O-].O=P([O-])([O-])[O-].[Si+4].[Si+4].[Si+4]. The molecule has 0 bridgehead atoms. The fourth-order valence-corrected chi connectivity index (χ4v) is 0. The molecule has 0 aliphatic rings. The Kier molecular flexibility index (Phi) is 40.4. The predicted octanol–water partition coefficient (Wildman–Crippen LogP) is -13.3. The second-order valence-electron chi connectivity index (χ2n) is 2.40. The Labute approximate surface area is 173 Å². The number of carbonyl (C=O) groups is 2. The van der Waals surface area contributed by atoms with Crippen LogP contribution in [-0.2, 0) is 27.8 Å². The van der Waals surface area contributed by atoms with E-state index in [2.05, 4.69) is 0 Å². The van der Waals surface area contributed by atoms with Crippen LogP contribution < -0.4 is 58.7 Å².